The summed E-state index contributed by atoms with van der Waals surface area (Å²) < 4.78 is 26.1. The van der Waals surface area contributed by atoms with Gasteiger partial charge in [0.05, 0.1) is 18.0 Å². The number of aromatic nitrogens is 2. The van der Waals surface area contributed by atoms with Gasteiger partial charge in [-0.3, -0.25) is 4.79 Å². The number of hydrogen-bond acceptors (Lipinski definition) is 4. The van der Waals surface area contributed by atoms with Crippen molar-refractivity contribution in [3.8, 4) is 11.1 Å². The van der Waals surface area contributed by atoms with Crippen LogP contribution in [0, 0.1) is 6.92 Å². The molecule has 2 heterocycles. The summed E-state index contributed by atoms with van der Waals surface area (Å²) in [6, 6.07) is 6.76. The molecular formula is C18H20F2N4O2. The van der Waals surface area contributed by atoms with Gasteiger partial charge >= 0.3 is 6.55 Å². The highest BCUT2D eigenvalue weighted by Crippen LogP contribution is 2.25. The van der Waals surface area contributed by atoms with Gasteiger partial charge in [-0.25, -0.2) is 4.68 Å². The SMILES string of the molecule is CCC1=NO[C@H](CNC(=O)c2ccc(-c3cn(C(F)F)nc3C)cc2)C1. The van der Waals surface area contributed by atoms with Crippen molar-refractivity contribution >= 4 is 11.6 Å². The van der Waals surface area contributed by atoms with Crippen LogP contribution in [0.25, 0.3) is 11.1 Å². The van der Waals surface area contributed by atoms with E-state index in [9.17, 15) is 13.6 Å². The molecule has 0 unspecified atom stereocenters. The molecule has 0 bridgehead atoms. The van der Waals surface area contributed by atoms with Gasteiger partial charge in [0, 0.05) is 23.7 Å². The molecule has 1 aliphatic rings. The van der Waals surface area contributed by atoms with Crippen LogP contribution in [0.4, 0.5) is 8.78 Å². The molecule has 1 aliphatic heterocycles. The lowest BCUT2D eigenvalue weighted by molar-refractivity contribution is 0.0563. The predicted octanol–water partition coefficient (Wildman–Crippen LogP) is 3.54. The Hall–Kier alpha value is -2.77. The molecule has 0 fully saturated rings. The van der Waals surface area contributed by atoms with E-state index in [1.54, 1.807) is 31.2 Å². The number of nitrogens with zero attached hydrogens (tertiary/aromatic N) is 3. The Morgan fingerprint density at radius 1 is 1.38 bits per heavy atom. The predicted molar refractivity (Wildman–Crippen MR) is 93.2 cm³/mol. The Labute approximate surface area is 149 Å². The van der Waals surface area contributed by atoms with Crippen LogP contribution in [-0.4, -0.2) is 34.0 Å². The summed E-state index contributed by atoms with van der Waals surface area (Å²) in [6.45, 7) is 1.39. The minimum atomic E-state index is -2.68. The van der Waals surface area contributed by atoms with Crippen molar-refractivity contribution in [1.29, 1.82) is 0 Å². The lowest BCUT2D eigenvalue weighted by Crippen LogP contribution is -2.32. The topological polar surface area (TPSA) is 68.5 Å². The van der Waals surface area contributed by atoms with E-state index in [4.69, 9.17) is 4.84 Å². The zero-order chi connectivity index (χ0) is 18.7. The molecule has 138 valence electrons. The van der Waals surface area contributed by atoms with Gasteiger partial charge in [-0.2, -0.15) is 13.9 Å². The number of nitrogens with one attached hydrogen (secondary N) is 1. The monoisotopic (exact) mass is 362 g/mol. The summed E-state index contributed by atoms with van der Waals surface area (Å²) in [5.41, 5.74) is 3.33. The highest BCUT2D eigenvalue weighted by Gasteiger charge is 2.20. The zero-order valence-electron chi connectivity index (χ0n) is 14.6. The van der Waals surface area contributed by atoms with Crippen LogP contribution in [-0.2, 0) is 4.84 Å². The number of amides is 1. The second-order valence-corrected chi connectivity index (χ2v) is 6.12. The number of rotatable bonds is 6. The third-order valence-electron chi connectivity index (χ3n) is 4.27. The molecule has 1 aromatic carbocycles. The maximum atomic E-state index is 12.7. The highest BCUT2D eigenvalue weighted by atomic mass is 19.3. The molecule has 26 heavy (non-hydrogen) atoms. The molecular weight excluding hydrogens is 342 g/mol. The Morgan fingerprint density at radius 3 is 2.69 bits per heavy atom. The van der Waals surface area contributed by atoms with Crippen molar-refractivity contribution in [3.63, 3.8) is 0 Å². The summed E-state index contributed by atoms with van der Waals surface area (Å²) in [4.78, 5) is 17.5. The normalized spacial score (nSPS) is 16.5. The molecule has 0 aliphatic carbocycles. The molecule has 0 spiro atoms. The van der Waals surface area contributed by atoms with Crippen LogP contribution in [0.15, 0.2) is 35.6 Å². The maximum Gasteiger partial charge on any atom is 0.333 e. The summed E-state index contributed by atoms with van der Waals surface area (Å²) in [5, 5.41) is 10.6. The third kappa shape index (κ3) is 3.89. The number of aryl methyl sites for hydroxylation is 1. The lowest BCUT2D eigenvalue weighted by atomic mass is 10.0. The van der Waals surface area contributed by atoms with Crippen molar-refractivity contribution in [3.05, 3.63) is 41.7 Å². The Kier molecular flexibility index (Phi) is 5.29. The van der Waals surface area contributed by atoms with Crippen molar-refractivity contribution in [2.75, 3.05) is 6.54 Å². The van der Waals surface area contributed by atoms with E-state index in [1.165, 1.54) is 6.20 Å². The largest absolute Gasteiger partial charge is 0.390 e. The second kappa shape index (κ2) is 7.63. The standard InChI is InChI=1S/C18H20F2N4O2/c1-3-14-8-15(26-23-14)9-21-17(25)13-6-4-12(5-7-13)16-10-24(18(19)20)22-11(16)2/h4-7,10,15,18H,3,8-9H2,1-2H3,(H,21,25)/t15-/m0/s1. The second-order valence-electron chi connectivity index (χ2n) is 6.12. The van der Waals surface area contributed by atoms with Crippen molar-refractivity contribution < 1.29 is 18.4 Å². The van der Waals surface area contributed by atoms with Gasteiger partial charge in [0.2, 0.25) is 0 Å². The molecule has 6 nitrogen and oxygen atoms in total. The molecule has 0 saturated heterocycles. The minimum Gasteiger partial charge on any atom is -0.390 e. The van der Waals surface area contributed by atoms with Gasteiger partial charge in [0.1, 0.15) is 6.10 Å². The fourth-order valence-corrected chi connectivity index (χ4v) is 2.78. The summed E-state index contributed by atoms with van der Waals surface area (Å²) in [7, 11) is 0. The lowest BCUT2D eigenvalue weighted by Gasteiger charge is -2.10. The first-order chi connectivity index (χ1) is 12.5. The van der Waals surface area contributed by atoms with Gasteiger partial charge in [-0.05, 0) is 31.0 Å². The molecule has 1 atom stereocenters. The minimum absolute atomic E-state index is 0.129. The van der Waals surface area contributed by atoms with Crippen molar-refractivity contribution in [1.82, 2.24) is 15.1 Å². The first-order valence-corrected chi connectivity index (χ1v) is 8.42. The van der Waals surface area contributed by atoms with Gasteiger partial charge in [0.15, 0.2) is 0 Å². The van der Waals surface area contributed by atoms with Gasteiger partial charge in [-0.15, -0.1) is 0 Å². The number of benzene rings is 1. The number of carbonyl (C=O) groups excluding carboxylic acids is 1. The van der Waals surface area contributed by atoms with Gasteiger partial charge in [0.25, 0.3) is 5.91 Å². The van der Waals surface area contributed by atoms with E-state index < -0.39 is 6.55 Å². The van der Waals surface area contributed by atoms with Crippen LogP contribution in [0.2, 0.25) is 0 Å². The van der Waals surface area contributed by atoms with Crippen molar-refractivity contribution in [2.24, 2.45) is 5.16 Å². The van der Waals surface area contributed by atoms with Crippen LogP contribution >= 0.6 is 0 Å². The summed E-state index contributed by atoms with van der Waals surface area (Å²) in [5.74, 6) is -0.218. The van der Waals surface area contributed by atoms with E-state index in [1.807, 2.05) is 6.92 Å². The number of oxime groups is 1. The van der Waals surface area contributed by atoms with E-state index in [0.29, 0.717) is 28.0 Å². The van der Waals surface area contributed by atoms with Crippen LogP contribution < -0.4 is 5.32 Å². The molecule has 1 N–H and O–H groups in total. The maximum absolute atomic E-state index is 12.7. The molecule has 1 aromatic heterocycles. The van der Waals surface area contributed by atoms with Crippen LogP contribution in [0.5, 0.6) is 0 Å². The van der Waals surface area contributed by atoms with Gasteiger partial charge < -0.3 is 10.2 Å². The Morgan fingerprint density at radius 2 is 2.12 bits per heavy atom. The zero-order valence-corrected chi connectivity index (χ0v) is 14.6. The molecule has 1 amide bonds. The summed E-state index contributed by atoms with van der Waals surface area (Å²) >= 11 is 0. The number of carbonyl (C=O) groups is 1. The van der Waals surface area contributed by atoms with E-state index in [0.717, 1.165) is 24.1 Å². The smallest absolute Gasteiger partial charge is 0.333 e. The fraction of sp³-hybridized carbons (Fsp3) is 0.389. The van der Waals surface area contributed by atoms with Crippen molar-refractivity contribution in [2.45, 2.75) is 39.3 Å². The average molecular weight is 362 g/mol. The van der Waals surface area contributed by atoms with E-state index in [-0.39, 0.29) is 12.0 Å². The molecule has 2 aromatic rings. The average Bonchev–Trinajstić information content (AvgIpc) is 3.26. The molecule has 3 rings (SSSR count). The molecule has 8 heteroatoms. The number of hydrogen-bond donors (Lipinski definition) is 1. The quantitative estimate of drug-likeness (QED) is 0.855. The number of halogens is 2. The number of alkyl halides is 2. The van der Waals surface area contributed by atoms with Crippen LogP contribution in [0.1, 0.15) is 42.4 Å². The van der Waals surface area contributed by atoms with E-state index >= 15 is 0 Å². The van der Waals surface area contributed by atoms with Crippen LogP contribution in [0.3, 0.4) is 0 Å². The summed E-state index contributed by atoms with van der Waals surface area (Å²) in [6.07, 6.45) is 2.74. The Bertz CT molecular complexity index is 815. The molecule has 0 saturated carbocycles. The fourth-order valence-electron chi connectivity index (χ4n) is 2.78. The Balaban J connectivity index is 1.61. The highest BCUT2D eigenvalue weighted by molar-refractivity contribution is 5.94. The first kappa shape index (κ1) is 18.0. The third-order valence-corrected chi connectivity index (χ3v) is 4.27. The molecule has 0 radical (unpaired) electrons. The van der Waals surface area contributed by atoms with E-state index in [2.05, 4.69) is 15.6 Å². The first-order valence-electron chi connectivity index (χ1n) is 8.42. The van der Waals surface area contributed by atoms with Gasteiger partial charge in [-0.1, -0.05) is 24.2 Å².